The molecule has 1 aliphatic rings. The smallest absolute Gasteiger partial charge is 0.259 e. The van der Waals surface area contributed by atoms with Gasteiger partial charge in [-0.1, -0.05) is 0 Å². The first-order valence-electron chi connectivity index (χ1n) is 11.0. The minimum absolute atomic E-state index is 0.165. The highest BCUT2D eigenvalue weighted by molar-refractivity contribution is 6.08. The normalized spacial score (nSPS) is 14.6. The Morgan fingerprint density at radius 2 is 1.90 bits per heavy atom. The Kier molecular flexibility index (Phi) is 6.84. The van der Waals surface area contributed by atoms with Gasteiger partial charge in [0.1, 0.15) is 11.4 Å². The van der Waals surface area contributed by atoms with Crippen LogP contribution in [0.3, 0.4) is 0 Å². The van der Waals surface area contributed by atoms with E-state index in [9.17, 15) is 4.79 Å². The summed E-state index contributed by atoms with van der Waals surface area (Å²) in [7, 11) is 0. The molecular weight excluding hydrogens is 390 g/mol. The molecule has 2 aromatic heterocycles. The van der Waals surface area contributed by atoms with E-state index in [4.69, 9.17) is 4.74 Å². The Labute approximate surface area is 183 Å². The summed E-state index contributed by atoms with van der Waals surface area (Å²) in [6.07, 6.45) is 4.06. The van der Waals surface area contributed by atoms with Gasteiger partial charge in [0.25, 0.3) is 5.91 Å². The van der Waals surface area contributed by atoms with Crippen LogP contribution in [0.1, 0.15) is 34.6 Å². The number of hydrogen-bond acceptors (Lipinski definition) is 5. The maximum atomic E-state index is 12.8. The van der Waals surface area contributed by atoms with Crippen molar-refractivity contribution in [3.63, 3.8) is 0 Å². The molecule has 0 atom stereocenters. The van der Waals surface area contributed by atoms with Gasteiger partial charge in [0.05, 0.1) is 12.2 Å². The topological polar surface area (TPSA) is 70.9 Å². The molecule has 0 aliphatic carbocycles. The number of nitrogens with zero attached hydrogens (tertiary/aromatic N) is 3. The van der Waals surface area contributed by atoms with E-state index in [0.29, 0.717) is 17.8 Å². The molecule has 3 heterocycles. The zero-order chi connectivity index (χ0) is 21.6. The van der Waals surface area contributed by atoms with Gasteiger partial charge in [-0.2, -0.15) is 0 Å². The molecule has 0 spiro atoms. The molecule has 1 saturated heterocycles. The molecular formula is C24H31N5O2. The third kappa shape index (κ3) is 5.42. The highest BCUT2D eigenvalue weighted by Gasteiger charge is 2.14. The molecule has 4 rings (SSSR count). The van der Waals surface area contributed by atoms with E-state index in [2.05, 4.69) is 20.5 Å². The molecule has 3 aromatic rings. The van der Waals surface area contributed by atoms with Crippen molar-refractivity contribution in [3.05, 3.63) is 59.5 Å². The van der Waals surface area contributed by atoms with Gasteiger partial charge < -0.3 is 24.7 Å². The number of aryl methyl sites for hydroxylation is 2. The zero-order valence-electron chi connectivity index (χ0n) is 18.4. The average molecular weight is 422 g/mol. The lowest BCUT2D eigenvalue weighted by molar-refractivity contribution is 0.102. The number of anilines is 1. The Morgan fingerprint density at radius 3 is 2.68 bits per heavy atom. The van der Waals surface area contributed by atoms with E-state index in [1.165, 1.54) is 0 Å². The van der Waals surface area contributed by atoms with Crippen molar-refractivity contribution < 1.29 is 9.53 Å². The highest BCUT2D eigenvalue weighted by Crippen LogP contribution is 2.19. The van der Waals surface area contributed by atoms with Crippen LogP contribution in [0.4, 0.5) is 5.69 Å². The van der Waals surface area contributed by atoms with Gasteiger partial charge in [0.2, 0.25) is 0 Å². The summed E-state index contributed by atoms with van der Waals surface area (Å²) in [5.74, 6) is 0.656. The number of carbonyl (C=O) groups is 1. The summed E-state index contributed by atoms with van der Waals surface area (Å²) in [5, 5.41) is 6.33. The van der Waals surface area contributed by atoms with Gasteiger partial charge in [-0.05, 0) is 69.6 Å². The number of benzene rings is 1. The third-order valence-corrected chi connectivity index (χ3v) is 5.64. The summed E-state index contributed by atoms with van der Waals surface area (Å²) in [6.45, 7) is 10.3. The van der Waals surface area contributed by atoms with Crippen molar-refractivity contribution in [2.24, 2.45) is 0 Å². The number of hydrogen-bond donors (Lipinski definition) is 2. The molecule has 164 valence electrons. The highest BCUT2D eigenvalue weighted by atomic mass is 16.5. The second-order valence-corrected chi connectivity index (χ2v) is 8.09. The van der Waals surface area contributed by atoms with Crippen LogP contribution < -0.4 is 15.4 Å². The van der Waals surface area contributed by atoms with Crippen LogP contribution in [0.25, 0.3) is 5.65 Å². The Bertz CT molecular complexity index is 1020. The van der Waals surface area contributed by atoms with E-state index >= 15 is 0 Å². The second-order valence-electron chi connectivity index (χ2n) is 8.09. The van der Waals surface area contributed by atoms with E-state index in [1.807, 2.05) is 60.8 Å². The number of piperazine rings is 1. The number of carbonyl (C=O) groups excluding carboxylic acids is 1. The summed E-state index contributed by atoms with van der Waals surface area (Å²) < 4.78 is 7.79. The molecule has 0 unspecified atom stereocenters. The van der Waals surface area contributed by atoms with Gasteiger partial charge in [-0.15, -0.1) is 0 Å². The minimum Gasteiger partial charge on any atom is -0.494 e. The molecule has 0 bridgehead atoms. The fourth-order valence-corrected chi connectivity index (χ4v) is 3.97. The van der Waals surface area contributed by atoms with Crippen molar-refractivity contribution in [2.45, 2.75) is 26.7 Å². The second kappa shape index (κ2) is 9.94. The average Bonchev–Trinajstić information content (AvgIpc) is 3.20. The lowest BCUT2D eigenvalue weighted by atomic mass is 10.2. The van der Waals surface area contributed by atoms with Crippen LogP contribution in [-0.4, -0.2) is 59.5 Å². The molecule has 7 nitrogen and oxygen atoms in total. The summed E-state index contributed by atoms with van der Waals surface area (Å²) in [5.41, 5.74) is 3.93. The fourth-order valence-electron chi connectivity index (χ4n) is 3.97. The van der Waals surface area contributed by atoms with Crippen LogP contribution in [0.15, 0.2) is 42.6 Å². The van der Waals surface area contributed by atoms with Gasteiger partial charge in [-0.3, -0.25) is 4.79 Å². The zero-order valence-corrected chi connectivity index (χ0v) is 18.4. The third-order valence-electron chi connectivity index (χ3n) is 5.64. The van der Waals surface area contributed by atoms with Gasteiger partial charge in [0, 0.05) is 49.5 Å². The standard InChI is InChI=1S/C24H31N5O2/c1-18-17-19(2)29-13-9-22(23(29)26-18)24(30)27-20-5-7-21(8-6-20)31-16-4-3-12-28-14-10-25-11-15-28/h5-9,13,17,25H,3-4,10-12,14-16H2,1-2H3,(H,27,30). The number of unbranched alkanes of at least 4 members (excludes halogenated alkanes) is 1. The number of rotatable bonds is 8. The molecule has 1 amide bonds. The molecule has 31 heavy (non-hydrogen) atoms. The van der Waals surface area contributed by atoms with Crippen molar-refractivity contribution in [2.75, 3.05) is 44.6 Å². The molecule has 1 aliphatic heterocycles. The van der Waals surface area contributed by atoms with E-state index in [0.717, 1.165) is 68.4 Å². The number of fused-ring (bicyclic) bond motifs is 1. The van der Waals surface area contributed by atoms with Crippen LogP contribution >= 0.6 is 0 Å². The van der Waals surface area contributed by atoms with Crippen LogP contribution in [0.2, 0.25) is 0 Å². The summed E-state index contributed by atoms with van der Waals surface area (Å²) in [6, 6.07) is 11.3. The number of aromatic nitrogens is 2. The number of nitrogens with one attached hydrogen (secondary N) is 2. The van der Waals surface area contributed by atoms with Crippen molar-refractivity contribution in [3.8, 4) is 5.75 Å². The van der Waals surface area contributed by atoms with Crippen molar-refractivity contribution in [1.82, 2.24) is 19.6 Å². The number of ether oxygens (including phenoxy) is 1. The maximum Gasteiger partial charge on any atom is 0.259 e. The Balaban J connectivity index is 1.26. The van der Waals surface area contributed by atoms with Crippen molar-refractivity contribution in [1.29, 1.82) is 0 Å². The molecule has 7 heteroatoms. The predicted molar refractivity (Wildman–Crippen MR) is 123 cm³/mol. The van der Waals surface area contributed by atoms with Gasteiger partial charge >= 0.3 is 0 Å². The van der Waals surface area contributed by atoms with Crippen LogP contribution in [0, 0.1) is 13.8 Å². The maximum absolute atomic E-state index is 12.8. The van der Waals surface area contributed by atoms with Crippen LogP contribution in [-0.2, 0) is 0 Å². The lowest BCUT2D eigenvalue weighted by Gasteiger charge is -2.26. The number of amides is 1. The SMILES string of the molecule is Cc1cc(C)n2ccc(C(=O)Nc3ccc(OCCCCN4CCNCC4)cc3)c2n1. The lowest BCUT2D eigenvalue weighted by Crippen LogP contribution is -2.43. The van der Waals surface area contributed by atoms with E-state index < -0.39 is 0 Å². The Hall–Kier alpha value is -2.90. The first-order chi connectivity index (χ1) is 15.1. The summed E-state index contributed by atoms with van der Waals surface area (Å²) in [4.78, 5) is 19.8. The largest absolute Gasteiger partial charge is 0.494 e. The quantitative estimate of drug-likeness (QED) is 0.547. The van der Waals surface area contributed by atoms with E-state index in [-0.39, 0.29) is 5.91 Å². The molecule has 0 saturated carbocycles. The van der Waals surface area contributed by atoms with Crippen LogP contribution in [0.5, 0.6) is 5.75 Å². The molecule has 1 aromatic carbocycles. The fraction of sp³-hybridized carbons (Fsp3) is 0.417. The molecule has 2 N–H and O–H groups in total. The van der Waals surface area contributed by atoms with E-state index in [1.54, 1.807) is 0 Å². The molecule has 0 radical (unpaired) electrons. The van der Waals surface area contributed by atoms with Gasteiger partial charge in [-0.25, -0.2) is 4.98 Å². The minimum atomic E-state index is -0.165. The monoisotopic (exact) mass is 421 g/mol. The predicted octanol–water partition coefficient (Wildman–Crippen LogP) is 3.27. The first-order valence-corrected chi connectivity index (χ1v) is 11.0. The molecule has 1 fully saturated rings. The Morgan fingerprint density at radius 1 is 1.13 bits per heavy atom. The first kappa shape index (κ1) is 21.3. The van der Waals surface area contributed by atoms with Gasteiger partial charge in [0.15, 0.2) is 0 Å². The van der Waals surface area contributed by atoms with Crippen molar-refractivity contribution >= 4 is 17.2 Å². The summed E-state index contributed by atoms with van der Waals surface area (Å²) >= 11 is 0.